The van der Waals surface area contributed by atoms with Crippen LogP contribution in [0.2, 0.25) is 25.7 Å². The number of fused-ring (bicyclic) bond motifs is 1. The monoisotopic (exact) mass is 344 g/mol. The van der Waals surface area contributed by atoms with E-state index in [0.29, 0.717) is 6.73 Å². The van der Waals surface area contributed by atoms with Gasteiger partial charge in [0.1, 0.15) is 12.5 Å². The molecule has 0 aliphatic heterocycles. The fraction of sp³-hybridized carbons (Fsp3) is 0.526. The lowest BCUT2D eigenvalue weighted by Crippen LogP contribution is -2.22. The van der Waals surface area contributed by atoms with Crippen LogP contribution in [0.25, 0.3) is 10.9 Å². The predicted molar refractivity (Wildman–Crippen MR) is 101 cm³/mol. The highest BCUT2D eigenvalue weighted by atomic mass is 28.3. The SMILES string of the molecule is COc1cc(C)c2c(ccn2COCC[Si](C)(C)C)c1C(C)C#N. The number of hydrogen-bond acceptors (Lipinski definition) is 3. The number of ether oxygens (including phenoxy) is 2. The molecule has 0 bridgehead atoms. The third kappa shape index (κ3) is 4.00. The van der Waals surface area contributed by atoms with Gasteiger partial charge >= 0.3 is 0 Å². The Hall–Kier alpha value is -1.77. The summed E-state index contributed by atoms with van der Waals surface area (Å²) in [6, 6.07) is 7.58. The van der Waals surface area contributed by atoms with Gasteiger partial charge < -0.3 is 14.0 Å². The Kier molecular flexibility index (Phi) is 5.73. The van der Waals surface area contributed by atoms with Crippen molar-refractivity contribution < 1.29 is 9.47 Å². The van der Waals surface area contributed by atoms with E-state index < -0.39 is 8.07 Å². The Balaban J connectivity index is 2.33. The predicted octanol–water partition coefficient (Wildman–Crippen LogP) is 4.90. The number of benzene rings is 1. The van der Waals surface area contributed by atoms with Crippen molar-refractivity contribution in [2.45, 2.75) is 52.2 Å². The zero-order valence-electron chi connectivity index (χ0n) is 15.6. The van der Waals surface area contributed by atoms with Gasteiger partial charge in [-0.1, -0.05) is 19.6 Å². The van der Waals surface area contributed by atoms with Crippen molar-refractivity contribution in [2.24, 2.45) is 0 Å². The molecule has 1 atom stereocenters. The summed E-state index contributed by atoms with van der Waals surface area (Å²) in [5.41, 5.74) is 3.22. The third-order valence-corrected chi connectivity index (χ3v) is 6.02. The van der Waals surface area contributed by atoms with Crippen molar-refractivity contribution in [2.75, 3.05) is 13.7 Å². The molecule has 1 unspecified atom stereocenters. The summed E-state index contributed by atoms with van der Waals surface area (Å²) in [7, 11) is 0.586. The van der Waals surface area contributed by atoms with Crippen LogP contribution < -0.4 is 4.74 Å². The van der Waals surface area contributed by atoms with Crippen molar-refractivity contribution in [3.05, 3.63) is 29.5 Å². The lowest BCUT2D eigenvalue weighted by Gasteiger charge is -2.17. The maximum absolute atomic E-state index is 9.36. The molecule has 0 spiro atoms. The Labute approximate surface area is 146 Å². The third-order valence-electron chi connectivity index (χ3n) is 4.31. The van der Waals surface area contributed by atoms with E-state index in [4.69, 9.17) is 9.47 Å². The molecule has 0 amide bonds. The molecule has 0 N–H and O–H groups in total. The average Bonchev–Trinajstić information content (AvgIpc) is 2.94. The Morgan fingerprint density at radius 3 is 2.62 bits per heavy atom. The van der Waals surface area contributed by atoms with E-state index >= 15 is 0 Å². The van der Waals surface area contributed by atoms with Crippen molar-refractivity contribution in [1.82, 2.24) is 4.57 Å². The first kappa shape index (κ1) is 18.6. The van der Waals surface area contributed by atoms with Crippen molar-refractivity contribution in [3.63, 3.8) is 0 Å². The Morgan fingerprint density at radius 2 is 2.04 bits per heavy atom. The van der Waals surface area contributed by atoms with Gasteiger partial charge in [-0.15, -0.1) is 0 Å². The fourth-order valence-electron chi connectivity index (χ4n) is 2.93. The summed E-state index contributed by atoms with van der Waals surface area (Å²) in [6.45, 7) is 12.4. The summed E-state index contributed by atoms with van der Waals surface area (Å²) in [5.74, 6) is 0.568. The molecular formula is C19H28N2O2Si. The molecule has 1 aromatic carbocycles. The number of aryl methyl sites for hydroxylation is 1. The summed E-state index contributed by atoms with van der Waals surface area (Å²) in [6.07, 6.45) is 2.04. The quantitative estimate of drug-likeness (QED) is 0.530. The maximum Gasteiger partial charge on any atom is 0.124 e. The minimum atomic E-state index is -1.07. The first-order chi connectivity index (χ1) is 11.3. The number of hydrogen-bond donors (Lipinski definition) is 0. The van der Waals surface area contributed by atoms with E-state index in [1.54, 1.807) is 7.11 Å². The van der Waals surface area contributed by atoms with Crippen LogP contribution in [0.4, 0.5) is 0 Å². The number of rotatable bonds is 7. The zero-order chi connectivity index (χ0) is 17.9. The van der Waals surface area contributed by atoms with Crippen molar-refractivity contribution in [3.8, 4) is 11.8 Å². The highest BCUT2D eigenvalue weighted by molar-refractivity contribution is 6.76. The summed E-state index contributed by atoms with van der Waals surface area (Å²) < 4.78 is 13.5. The van der Waals surface area contributed by atoms with E-state index in [1.807, 2.05) is 19.2 Å². The number of nitrogens with zero attached hydrogens (tertiary/aromatic N) is 2. The summed E-state index contributed by atoms with van der Waals surface area (Å²) in [4.78, 5) is 0. The topological polar surface area (TPSA) is 47.2 Å². The van der Waals surface area contributed by atoms with Crippen molar-refractivity contribution >= 4 is 19.0 Å². The van der Waals surface area contributed by atoms with Gasteiger partial charge in [0, 0.05) is 31.8 Å². The van der Waals surface area contributed by atoms with E-state index in [9.17, 15) is 5.26 Å². The van der Waals surface area contributed by atoms with Crippen LogP contribution in [0.15, 0.2) is 18.3 Å². The van der Waals surface area contributed by atoms with Gasteiger partial charge in [-0.3, -0.25) is 0 Å². The van der Waals surface area contributed by atoms with Crippen LogP contribution in [-0.2, 0) is 11.5 Å². The molecule has 0 radical (unpaired) electrons. The van der Waals surface area contributed by atoms with E-state index in [1.165, 1.54) is 0 Å². The second-order valence-electron chi connectivity index (χ2n) is 7.56. The van der Waals surface area contributed by atoms with Gasteiger partial charge in [-0.05, 0) is 37.6 Å². The van der Waals surface area contributed by atoms with Crippen LogP contribution in [0, 0.1) is 18.3 Å². The Morgan fingerprint density at radius 1 is 1.33 bits per heavy atom. The second kappa shape index (κ2) is 7.41. The lowest BCUT2D eigenvalue weighted by molar-refractivity contribution is 0.0902. The smallest absolute Gasteiger partial charge is 0.124 e. The molecule has 1 aromatic heterocycles. The van der Waals surface area contributed by atoms with E-state index in [2.05, 4.69) is 43.3 Å². The molecule has 0 fully saturated rings. The van der Waals surface area contributed by atoms with Crippen LogP contribution in [-0.4, -0.2) is 26.4 Å². The molecule has 0 saturated carbocycles. The normalized spacial score (nSPS) is 13.0. The Bertz CT molecular complexity index is 753. The standard InChI is InChI=1S/C19H28N2O2Si/c1-14-11-17(22-3)18(15(2)12-20)16-7-8-21(19(14)16)13-23-9-10-24(4,5)6/h7-8,11,15H,9-10,13H2,1-6H3. The highest BCUT2D eigenvalue weighted by Crippen LogP contribution is 2.36. The van der Waals surface area contributed by atoms with Gasteiger partial charge in [0.25, 0.3) is 0 Å². The molecule has 0 aliphatic carbocycles. The number of nitriles is 1. The minimum absolute atomic E-state index is 0.216. The molecule has 130 valence electrons. The first-order valence-corrected chi connectivity index (χ1v) is 12.1. The average molecular weight is 345 g/mol. The molecule has 24 heavy (non-hydrogen) atoms. The van der Waals surface area contributed by atoms with Gasteiger partial charge in [0.15, 0.2) is 0 Å². The first-order valence-electron chi connectivity index (χ1n) is 8.42. The number of methoxy groups -OCH3 is 1. The zero-order valence-corrected chi connectivity index (χ0v) is 16.6. The largest absolute Gasteiger partial charge is 0.496 e. The van der Waals surface area contributed by atoms with E-state index in [0.717, 1.165) is 40.4 Å². The summed E-state index contributed by atoms with van der Waals surface area (Å²) in [5, 5.41) is 10.4. The highest BCUT2D eigenvalue weighted by Gasteiger charge is 2.19. The van der Waals surface area contributed by atoms with E-state index in [-0.39, 0.29) is 5.92 Å². The van der Waals surface area contributed by atoms with Crippen LogP contribution in [0.5, 0.6) is 5.75 Å². The van der Waals surface area contributed by atoms with Crippen molar-refractivity contribution in [1.29, 1.82) is 5.26 Å². The molecule has 4 nitrogen and oxygen atoms in total. The molecule has 5 heteroatoms. The van der Waals surface area contributed by atoms with Crippen LogP contribution >= 0.6 is 0 Å². The molecule has 0 aliphatic rings. The minimum Gasteiger partial charge on any atom is -0.496 e. The number of aromatic nitrogens is 1. The maximum atomic E-state index is 9.36. The lowest BCUT2D eigenvalue weighted by atomic mass is 9.95. The molecule has 0 saturated heterocycles. The van der Waals surface area contributed by atoms with Gasteiger partial charge in [-0.25, -0.2) is 0 Å². The second-order valence-corrected chi connectivity index (χ2v) is 13.2. The van der Waals surface area contributed by atoms with Crippen LogP contribution in [0.3, 0.4) is 0 Å². The molecule has 2 rings (SSSR count). The van der Waals surface area contributed by atoms with Gasteiger partial charge in [0.2, 0.25) is 0 Å². The van der Waals surface area contributed by atoms with Gasteiger partial charge in [0.05, 0.1) is 24.6 Å². The summed E-state index contributed by atoms with van der Waals surface area (Å²) >= 11 is 0. The fourth-order valence-corrected chi connectivity index (χ4v) is 3.69. The molecule has 1 heterocycles. The van der Waals surface area contributed by atoms with Crippen LogP contribution in [0.1, 0.15) is 24.0 Å². The molecular weight excluding hydrogens is 316 g/mol. The molecule has 2 aromatic rings. The van der Waals surface area contributed by atoms with Gasteiger partial charge in [-0.2, -0.15) is 5.26 Å².